The minimum Gasteiger partial charge on any atom is -0.465 e. The van der Waals surface area contributed by atoms with Gasteiger partial charge in [-0.05, 0) is 19.1 Å². The van der Waals surface area contributed by atoms with Crippen LogP contribution in [0.1, 0.15) is 6.92 Å². The average molecular weight is 235 g/mol. The van der Waals surface area contributed by atoms with E-state index in [9.17, 15) is 4.79 Å². The second-order valence-corrected chi connectivity index (χ2v) is 4.40. The Kier molecular flexibility index (Phi) is 3.19. The number of carbonyl (C=O) groups is 1. The molecule has 0 amide bonds. The van der Waals surface area contributed by atoms with Crippen LogP contribution in [0.25, 0.3) is 0 Å². The summed E-state index contributed by atoms with van der Waals surface area (Å²) in [5.41, 5.74) is 2.06. The number of esters is 1. The molecule has 0 atom stereocenters. The van der Waals surface area contributed by atoms with E-state index in [4.69, 9.17) is 4.74 Å². The molecule has 1 aliphatic heterocycles. The van der Waals surface area contributed by atoms with E-state index in [1.54, 1.807) is 0 Å². The van der Waals surface area contributed by atoms with Crippen molar-refractivity contribution in [2.24, 2.45) is 0 Å². The van der Waals surface area contributed by atoms with Crippen LogP contribution >= 0.6 is 11.8 Å². The lowest BCUT2D eigenvalue weighted by Crippen LogP contribution is -2.16. The second kappa shape index (κ2) is 4.61. The maximum atomic E-state index is 11.5. The summed E-state index contributed by atoms with van der Waals surface area (Å²) in [4.78, 5) is 14.3. The first-order valence-corrected chi connectivity index (χ1v) is 5.97. The molecule has 1 aromatic rings. The molecule has 0 radical (unpaired) electrons. The second-order valence-electron chi connectivity index (χ2n) is 3.44. The van der Waals surface area contributed by atoms with E-state index < -0.39 is 0 Å². The number of methoxy groups -OCH3 is 1. The van der Waals surface area contributed by atoms with Crippen LogP contribution in [0.15, 0.2) is 40.9 Å². The van der Waals surface area contributed by atoms with E-state index in [0.29, 0.717) is 4.91 Å². The molecule has 0 aliphatic carbocycles. The van der Waals surface area contributed by atoms with Crippen molar-refractivity contribution in [3.63, 3.8) is 0 Å². The number of nitrogens with zero attached hydrogens (tertiary/aromatic N) is 1. The molecule has 2 rings (SSSR count). The number of carbonyl (C=O) groups excluding carboxylic acids is 1. The number of hydrogen-bond acceptors (Lipinski definition) is 4. The lowest BCUT2D eigenvalue weighted by molar-refractivity contribution is -0.135. The zero-order chi connectivity index (χ0) is 11.5. The molecule has 0 unspecified atom stereocenters. The summed E-state index contributed by atoms with van der Waals surface area (Å²) in [7, 11) is 1.41. The Hall–Kier alpha value is -1.42. The average Bonchev–Trinajstić information content (AvgIpc) is 2.71. The summed E-state index contributed by atoms with van der Waals surface area (Å²) in [6.45, 7) is 1.94. The number of ether oxygens (including phenoxy) is 1. The highest BCUT2D eigenvalue weighted by molar-refractivity contribution is 8.04. The number of benzene rings is 1. The van der Waals surface area contributed by atoms with Crippen molar-refractivity contribution < 1.29 is 9.53 Å². The minimum absolute atomic E-state index is 0.249. The van der Waals surface area contributed by atoms with E-state index in [1.807, 2.05) is 37.3 Å². The van der Waals surface area contributed by atoms with Crippen LogP contribution < -0.4 is 4.90 Å². The van der Waals surface area contributed by atoms with Gasteiger partial charge in [0.15, 0.2) is 0 Å². The molecule has 1 heterocycles. The van der Waals surface area contributed by atoms with Crippen LogP contribution in [0.2, 0.25) is 0 Å². The fourth-order valence-corrected chi connectivity index (χ4v) is 2.75. The number of para-hydroxylation sites is 1. The van der Waals surface area contributed by atoms with Crippen molar-refractivity contribution in [1.82, 2.24) is 0 Å². The molecular formula is C12H13NO2S. The minimum atomic E-state index is -0.249. The third kappa shape index (κ3) is 1.93. The van der Waals surface area contributed by atoms with Crippen molar-refractivity contribution in [1.29, 1.82) is 0 Å². The van der Waals surface area contributed by atoms with Crippen molar-refractivity contribution in [3.8, 4) is 0 Å². The topological polar surface area (TPSA) is 29.5 Å². The maximum Gasteiger partial charge on any atom is 0.346 e. The van der Waals surface area contributed by atoms with Gasteiger partial charge >= 0.3 is 5.97 Å². The Balaban J connectivity index is 2.28. The molecule has 0 saturated heterocycles. The lowest BCUT2D eigenvalue weighted by atomic mass is 10.3. The van der Waals surface area contributed by atoms with Crippen LogP contribution in [0.3, 0.4) is 0 Å². The molecule has 84 valence electrons. The monoisotopic (exact) mass is 235 g/mol. The number of allylic oxidation sites excluding steroid dienone is 1. The van der Waals surface area contributed by atoms with Crippen LogP contribution in [0.5, 0.6) is 0 Å². The summed E-state index contributed by atoms with van der Waals surface area (Å²) in [5, 5.41) is 0. The van der Waals surface area contributed by atoms with E-state index in [2.05, 4.69) is 4.90 Å². The number of thioether (sulfide) groups is 1. The predicted octanol–water partition coefficient (Wildman–Crippen LogP) is 2.60. The van der Waals surface area contributed by atoms with E-state index in [-0.39, 0.29) is 5.97 Å². The quantitative estimate of drug-likeness (QED) is 0.737. The van der Waals surface area contributed by atoms with E-state index in [0.717, 1.165) is 17.3 Å². The van der Waals surface area contributed by atoms with Crippen molar-refractivity contribution in [2.75, 3.05) is 17.9 Å². The van der Waals surface area contributed by atoms with Gasteiger partial charge in [0.25, 0.3) is 0 Å². The van der Waals surface area contributed by atoms with Crippen LogP contribution in [0.4, 0.5) is 5.69 Å². The van der Waals surface area contributed by atoms with Gasteiger partial charge in [0.1, 0.15) is 4.91 Å². The zero-order valence-corrected chi connectivity index (χ0v) is 10.1. The van der Waals surface area contributed by atoms with Gasteiger partial charge in [-0.25, -0.2) is 4.79 Å². The smallest absolute Gasteiger partial charge is 0.346 e. The summed E-state index contributed by atoms with van der Waals surface area (Å²) in [5.74, 6) is 0.515. The Bertz CT molecular complexity index is 428. The summed E-state index contributed by atoms with van der Waals surface area (Å²) >= 11 is 1.52. The van der Waals surface area contributed by atoms with Gasteiger partial charge in [0, 0.05) is 11.4 Å². The van der Waals surface area contributed by atoms with Gasteiger partial charge in [-0.1, -0.05) is 30.0 Å². The summed E-state index contributed by atoms with van der Waals surface area (Å²) in [6, 6.07) is 10.0. The van der Waals surface area contributed by atoms with Gasteiger partial charge < -0.3 is 9.64 Å². The van der Waals surface area contributed by atoms with Crippen molar-refractivity contribution in [3.05, 3.63) is 40.9 Å². The highest BCUT2D eigenvalue weighted by Crippen LogP contribution is 2.35. The predicted molar refractivity (Wildman–Crippen MR) is 66.1 cm³/mol. The third-order valence-electron chi connectivity index (χ3n) is 2.51. The van der Waals surface area contributed by atoms with E-state index >= 15 is 0 Å². The SMILES string of the molecule is COC(=O)C1=C(C)N(c2ccccc2)CS1. The molecule has 0 N–H and O–H groups in total. The first-order valence-electron chi connectivity index (χ1n) is 4.98. The van der Waals surface area contributed by atoms with Gasteiger partial charge in [0.05, 0.1) is 13.0 Å². The molecule has 3 nitrogen and oxygen atoms in total. The molecule has 4 heteroatoms. The van der Waals surface area contributed by atoms with Crippen LogP contribution in [-0.4, -0.2) is 19.0 Å². The molecule has 0 saturated carbocycles. The van der Waals surface area contributed by atoms with Gasteiger partial charge in [-0.2, -0.15) is 0 Å². The maximum absolute atomic E-state index is 11.5. The summed E-state index contributed by atoms with van der Waals surface area (Å²) in [6.07, 6.45) is 0. The first-order chi connectivity index (χ1) is 7.74. The largest absolute Gasteiger partial charge is 0.465 e. The Labute approximate surface area is 99.1 Å². The summed E-state index contributed by atoms with van der Waals surface area (Å²) < 4.78 is 4.74. The molecule has 0 bridgehead atoms. The van der Waals surface area contributed by atoms with E-state index in [1.165, 1.54) is 18.9 Å². The number of hydrogen-bond donors (Lipinski definition) is 0. The normalized spacial score (nSPS) is 15.5. The molecule has 1 aromatic carbocycles. The lowest BCUT2D eigenvalue weighted by Gasteiger charge is -2.18. The zero-order valence-electron chi connectivity index (χ0n) is 9.27. The molecule has 0 fully saturated rings. The fraction of sp³-hybridized carbons (Fsp3) is 0.250. The van der Waals surface area contributed by atoms with Crippen LogP contribution in [-0.2, 0) is 9.53 Å². The highest BCUT2D eigenvalue weighted by atomic mass is 32.2. The number of anilines is 1. The Morgan fingerprint density at radius 3 is 2.69 bits per heavy atom. The van der Waals surface area contributed by atoms with Crippen LogP contribution in [0, 0.1) is 0 Å². The molecular weight excluding hydrogens is 222 g/mol. The number of rotatable bonds is 2. The molecule has 16 heavy (non-hydrogen) atoms. The Morgan fingerprint density at radius 2 is 2.06 bits per heavy atom. The third-order valence-corrected chi connectivity index (χ3v) is 3.65. The highest BCUT2D eigenvalue weighted by Gasteiger charge is 2.26. The molecule has 1 aliphatic rings. The fourth-order valence-electron chi connectivity index (χ4n) is 1.63. The Morgan fingerprint density at radius 1 is 1.38 bits per heavy atom. The molecule has 0 spiro atoms. The van der Waals surface area contributed by atoms with Gasteiger partial charge in [0.2, 0.25) is 0 Å². The first kappa shape index (κ1) is 11.1. The van der Waals surface area contributed by atoms with Crippen molar-refractivity contribution in [2.45, 2.75) is 6.92 Å². The molecule has 0 aromatic heterocycles. The van der Waals surface area contributed by atoms with Gasteiger partial charge in [-0.3, -0.25) is 0 Å². The van der Waals surface area contributed by atoms with Gasteiger partial charge in [-0.15, -0.1) is 0 Å². The standard InChI is InChI=1S/C12H13NO2S/c1-9-11(12(14)15-2)16-8-13(9)10-6-4-3-5-7-10/h3-7H,8H2,1-2H3. The van der Waals surface area contributed by atoms with Crippen molar-refractivity contribution >= 4 is 23.4 Å².